The molecule has 4 aromatic rings. The van der Waals surface area contributed by atoms with Gasteiger partial charge in [-0.2, -0.15) is 0 Å². The minimum Gasteiger partial charge on any atom is -0.489 e. The second kappa shape index (κ2) is 8.82. The summed E-state index contributed by atoms with van der Waals surface area (Å²) in [5, 5.41) is 1.96. The number of halogens is 2. The zero-order valence-corrected chi connectivity index (χ0v) is 17.7. The van der Waals surface area contributed by atoms with Crippen molar-refractivity contribution in [2.45, 2.75) is 20.1 Å². The SMILES string of the molecule is Cc1cc(=O)oc2cc(OCc3ccccc3Cl)cc(OCc3ccccc3Cl)c12. The molecule has 0 aliphatic rings. The van der Waals surface area contributed by atoms with Crippen LogP contribution in [-0.4, -0.2) is 0 Å². The number of hydrogen-bond acceptors (Lipinski definition) is 4. The maximum Gasteiger partial charge on any atom is 0.336 e. The molecule has 0 N–H and O–H groups in total. The van der Waals surface area contributed by atoms with E-state index in [1.807, 2.05) is 49.4 Å². The first kappa shape index (κ1) is 20.3. The van der Waals surface area contributed by atoms with E-state index in [1.54, 1.807) is 18.2 Å². The van der Waals surface area contributed by atoms with Gasteiger partial charge in [0, 0.05) is 39.4 Å². The fourth-order valence-corrected chi connectivity index (χ4v) is 3.55. The molecule has 30 heavy (non-hydrogen) atoms. The van der Waals surface area contributed by atoms with Gasteiger partial charge in [0.2, 0.25) is 0 Å². The summed E-state index contributed by atoms with van der Waals surface area (Å²) in [7, 11) is 0. The van der Waals surface area contributed by atoms with Crippen LogP contribution in [0.25, 0.3) is 11.0 Å². The molecule has 152 valence electrons. The molecule has 0 fully saturated rings. The third-order valence-electron chi connectivity index (χ3n) is 4.67. The van der Waals surface area contributed by atoms with Crippen LogP contribution in [0.4, 0.5) is 0 Å². The van der Waals surface area contributed by atoms with Crippen molar-refractivity contribution in [3.05, 3.63) is 104 Å². The molecule has 0 amide bonds. The van der Waals surface area contributed by atoms with Gasteiger partial charge < -0.3 is 13.9 Å². The lowest BCUT2D eigenvalue weighted by atomic mass is 10.1. The number of rotatable bonds is 6. The normalized spacial score (nSPS) is 10.9. The second-order valence-corrected chi connectivity index (χ2v) is 7.62. The molecule has 0 saturated carbocycles. The Hall–Kier alpha value is -2.95. The molecule has 1 aromatic heterocycles. The van der Waals surface area contributed by atoms with Crippen molar-refractivity contribution in [1.29, 1.82) is 0 Å². The van der Waals surface area contributed by atoms with E-state index in [0.29, 0.717) is 32.5 Å². The Kier molecular flexibility index (Phi) is 5.98. The molecule has 0 aliphatic heterocycles. The molecule has 4 nitrogen and oxygen atoms in total. The van der Waals surface area contributed by atoms with Crippen LogP contribution in [0, 0.1) is 6.92 Å². The molecule has 1 heterocycles. The third-order valence-corrected chi connectivity index (χ3v) is 5.41. The topological polar surface area (TPSA) is 48.7 Å². The van der Waals surface area contributed by atoms with E-state index < -0.39 is 5.63 Å². The first-order chi connectivity index (χ1) is 14.5. The molecular formula is C24H18Cl2O4. The van der Waals surface area contributed by atoms with Crippen LogP contribution in [0.15, 0.2) is 75.9 Å². The highest BCUT2D eigenvalue weighted by atomic mass is 35.5. The van der Waals surface area contributed by atoms with Crippen LogP contribution in [0.1, 0.15) is 16.7 Å². The Morgan fingerprint density at radius 2 is 1.43 bits per heavy atom. The molecular weight excluding hydrogens is 423 g/mol. The van der Waals surface area contributed by atoms with E-state index in [2.05, 4.69) is 0 Å². The summed E-state index contributed by atoms with van der Waals surface area (Å²) in [6, 6.07) is 19.8. The predicted octanol–water partition coefficient (Wildman–Crippen LogP) is 6.57. The largest absolute Gasteiger partial charge is 0.489 e. The minimum atomic E-state index is -0.430. The number of aryl methyl sites for hydroxylation is 1. The summed E-state index contributed by atoms with van der Waals surface area (Å²) >= 11 is 12.5. The zero-order valence-electron chi connectivity index (χ0n) is 16.2. The number of hydrogen-bond donors (Lipinski definition) is 0. The molecule has 0 unspecified atom stereocenters. The number of fused-ring (bicyclic) bond motifs is 1. The lowest BCUT2D eigenvalue weighted by Gasteiger charge is -2.14. The van der Waals surface area contributed by atoms with Gasteiger partial charge in [0.25, 0.3) is 0 Å². The molecule has 6 heteroatoms. The summed E-state index contributed by atoms with van der Waals surface area (Å²) in [5.41, 5.74) is 2.42. The van der Waals surface area contributed by atoms with Gasteiger partial charge in [-0.15, -0.1) is 0 Å². The molecule has 0 bridgehead atoms. The van der Waals surface area contributed by atoms with Crippen molar-refractivity contribution in [3.8, 4) is 11.5 Å². The van der Waals surface area contributed by atoms with E-state index in [0.717, 1.165) is 16.7 Å². The maximum atomic E-state index is 11.9. The number of benzene rings is 3. The molecule has 0 radical (unpaired) electrons. The molecule has 4 rings (SSSR count). The van der Waals surface area contributed by atoms with Crippen LogP contribution in [0.2, 0.25) is 10.0 Å². The number of ether oxygens (including phenoxy) is 2. The molecule has 3 aromatic carbocycles. The van der Waals surface area contributed by atoms with Crippen LogP contribution in [-0.2, 0) is 13.2 Å². The standard InChI is InChI=1S/C24H18Cl2O4/c1-15-10-23(27)30-22-12-18(28-13-16-6-2-4-8-19(16)25)11-21(24(15)22)29-14-17-7-3-5-9-20(17)26/h2-12H,13-14H2,1H3. The quantitative estimate of drug-likeness (QED) is 0.318. The Morgan fingerprint density at radius 1 is 0.833 bits per heavy atom. The maximum absolute atomic E-state index is 11.9. The van der Waals surface area contributed by atoms with Gasteiger partial charge in [-0.1, -0.05) is 59.6 Å². The van der Waals surface area contributed by atoms with Crippen LogP contribution >= 0.6 is 23.2 Å². The fourth-order valence-electron chi connectivity index (χ4n) is 3.17. The lowest BCUT2D eigenvalue weighted by Crippen LogP contribution is -2.03. The van der Waals surface area contributed by atoms with Crippen molar-refractivity contribution >= 4 is 34.2 Å². The van der Waals surface area contributed by atoms with Crippen molar-refractivity contribution in [2.75, 3.05) is 0 Å². The monoisotopic (exact) mass is 440 g/mol. The first-order valence-corrected chi connectivity index (χ1v) is 10.1. The summed E-state index contributed by atoms with van der Waals surface area (Å²) in [6.45, 7) is 2.37. The van der Waals surface area contributed by atoms with Gasteiger partial charge in [0.1, 0.15) is 30.3 Å². The smallest absolute Gasteiger partial charge is 0.336 e. The lowest BCUT2D eigenvalue weighted by molar-refractivity contribution is 0.292. The predicted molar refractivity (Wildman–Crippen MR) is 119 cm³/mol. The highest BCUT2D eigenvalue weighted by molar-refractivity contribution is 6.31. The molecule has 0 spiro atoms. The van der Waals surface area contributed by atoms with Gasteiger partial charge in [-0.05, 0) is 24.6 Å². The average Bonchev–Trinajstić information content (AvgIpc) is 2.72. The van der Waals surface area contributed by atoms with E-state index >= 15 is 0 Å². The zero-order chi connectivity index (χ0) is 21.1. The van der Waals surface area contributed by atoms with Gasteiger partial charge >= 0.3 is 5.63 Å². The van der Waals surface area contributed by atoms with Crippen molar-refractivity contribution in [2.24, 2.45) is 0 Å². The van der Waals surface area contributed by atoms with E-state index in [9.17, 15) is 4.79 Å². The van der Waals surface area contributed by atoms with Gasteiger partial charge in [0.15, 0.2) is 0 Å². The molecule has 0 atom stereocenters. The summed E-state index contributed by atoms with van der Waals surface area (Å²) in [5.74, 6) is 1.05. The fraction of sp³-hybridized carbons (Fsp3) is 0.125. The summed E-state index contributed by atoms with van der Waals surface area (Å²) in [6.07, 6.45) is 0. The van der Waals surface area contributed by atoms with Gasteiger partial charge in [-0.25, -0.2) is 4.79 Å². The van der Waals surface area contributed by atoms with Crippen molar-refractivity contribution < 1.29 is 13.9 Å². The van der Waals surface area contributed by atoms with Crippen molar-refractivity contribution in [3.63, 3.8) is 0 Å². The van der Waals surface area contributed by atoms with Crippen LogP contribution in [0.3, 0.4) is 0 Å². The van der Waals surface area contributed by atoms with Gasteiger partial charge in [0.05, 0.1) is 5.39 Å². The van der Waals surface area contributed by atoms with E-state index in [4.69, 9.17) is 37.1 Å². The third kappa shape index (κ3) is 4.45. The van der Waals surface area contributed by atoms with Crippen molar-refractivity contribution in [1.82, 2.24) is 0 Å². The summed E-state index contributed by atoms with van der Waals surface area (Å²) < 4.78 is 17.4. The Morgan fingerprint density at radius 3 is 2.07 bits per heavy atom. The average molecular weight is 441 g/mol. The Labute approximate surface area is 183 Å². The summed E-state index contributed by atoms with van der Waals surface area (Å²) in [4.78, 5) is 11.9. The highest BCUT2D eigenvalue weighted by Gasteiger charge is 2.13. The van der Waals surface area contributed by atoms with E-state index in [-0.39, 0.29) is 13.2 Å². The first-order valence-electron chi connectivity index (χ1n) is 9.32. The molecule has 0 saturated heterocycles. The Balaban J connectivity index is 1.68. The Bertz CT molecular complexity index is 1260. The van der Waals surface area contributed by atoms with Gasteiger partial charge in [-0.3, -0.25) is 0 Å². The van der Waals surface area contributed by atoms with Crippen LogP contribution < -0.4 is 15.1 Å². The van der Waals surface area contributed by atoms with Crippen LogP contribution in [0.5, 0.6) is 11.5 Å². The minimum absolute atomic E-state index is 0.265. The van der Waals surface area contributed by atoms with E-state index in [1.165, 1.54) is 6.07 Å². The highest BCUT2D eigenvalue weighted by Crippen LogP contribution is 2.34. The molecule has 0 aliphatic carbocycles. The second-order valence-electron chi connectivity index (χ2n) is 6.80.